The van der Waals surface area contributed by atoms with Crippen LogP contribution in [-0.2, 0) is 19.1 Å². The van der Waals surface area contributed by atoms with Gasteiger partial charge in [-0.3, -0.25) is 9.69 Å². The lowest BCUT2D eigenvalue weighted by atomic mass is 9.99. The number of ketones is 1. The Balaban J connectivity index is 2.33. The maximum absolute atomic E-state index is 13.2. The van der Waals surface area contributed by atoms with E-state index in [1.807, 2.05) is 0 Å². The van der Waals surface area contributed by atoms with E-state index in [4.69, 9.17) is 14.6 Å². The van der Waals surface area contributed by atoms with Gasteiger partial charge in [-0.25, -0.2) is 14.4 Å². The van der Waals surface area contributed by atoms with Crippen molar-refractivity contribution >= 4 is 29.9 Å². The van der Waals surface area contributed by atoms with Gasteiger partial charge in [0.25, 0.3) is 0 Å². The van der Waals surface area contributed by atoms with Crippen LogP contribution in [0.4, 0.5) is 4.79 Å². The number of esters is 1. The van der Waals surface area contributed by atoms with E-state index in [9.17, 15) is 19.2 Å². The Bertz CT molecular complexity index is 849. The first-order chi connectivity index (χ1) is 14.0. The molecule has 1 saturated heterocycles. The van der Waals surface area contributed by atoms with Crippen molar-refractivity contribution in [2.45, 2.75) is 52.2 Å². The van der Waals surface area contributed by atoms with Gasteiger partial charge in [0, 0.05) is 6.54 Å². The summed E-state index contributed by atoms with van der Waals surface area (Å²) >= 11 is 0. The third-order valence-corrected chi connectivity index (χ3v) is 4.41. The molecule has 1 aliphatic heterocycles. The average Bonchev–Trinajstić information content (AvgIpc) is 3.15. The first kappa shape index (κ1) is 23.1. The Kier molecular flexibility index (Phi) is 7.37. The van der Waals surface area contributed by atoms with Crippen LogP contribution >= 0.6 is 0 Å². The lowest BCUT2D eigenvalue weighted by molar-refractivity contribution is -0.140. The molecule has 1 amide bonds. The molecule has 0 unspecified atom stereocenters. The van der Waals surface area contributed by atoms with Crippen LogP contribution in [0.3, 0.4) is 0 Å². The van der Waals surface area contributed by atoms with Gasteiger partial charge in [0.15, 0.2) is 5.78 Å². The molecule has 1 aromatic carbocycles. The number of likely N-dealkylation sites (tertiary alicyclic amines) is 1. The molecule has 8 nitrogen and oxygen atoms in total. The Morgan fingerprint density at radius 2 is 1.80 bits per heavy atom. The molecular weight excluding hydrogens is 390 g/mol. The van der Waals surface area contributed by atoms with E-state index in [1.54, 1.807) is 27.7 Å². The van der Waals surface area contributed by atoms with Gasteiger partial charge in [-0.05, 0) is 64.3 Å². The highest BCUT2D eigenvalue weighted by Gasteiger charge is 2.39. The van der Waals surface area contributed by atoms with Crippen molar-refractivity contribution in [3.05, 3.63) is 41.0 Å². The smallest absolute Gasteiger partial charge is 0.410 e. The Labute approximate surface area is 175 Å². The minimum Gasteiger partial charge on any atom is -0.478 e. The van der Waals surface area contributed by atoms with E-state index in [2.05, 4.69) is 0 Å². The molecular formula is C22H27NO7. The summed E-state index contributed by atoms with van der Waals surface area (Å²) in [4.78, 5) is 50.6. The second-order valence-corrected chi connectivity index (χ2v) is 7.90. The third-order valence-electron chi connectivity index (χ3n) is 4.41. The van der Waals surface area contributed by atoms with Crippen LogP contribution < -0.4 is 0 Å². The fourth-order valence-corrected chi connectivity index (χ4v) is 3.09. The van der Waals surface area contributed by atoms with Crippen LogP contribution in [0.25, 0.3) is 6.08 Å². The predicted molar refractivity (Wildman–Crippen MR) is 109 cm³/mol. The molecule has 0 aromatic heterocycles. The summed E-state index contributed by atoms with van der Waals surface area (Å²) in [6.07, 6.45) is 1.77. The molecule has 1 aromatic rings. The number of benzene rings is 1. The minimum atomic E-state index is -1.08. The molecule has 8 heteroatoms. The molecule has 2 rings (SSSR count). The summed E-state index contributed by atoms with van der Waals surface area (Å²) in [6.45, 7) is 7.29. The van der Waals surface area contributed by atoms with Crippen molar-refractivity contribution in [1.82, 2.24) is 4.90 Å². The average molecular weight is 417 g/mol. The summed E-state index contributed by atoms with van der Waals surface area (Å²) < 4.78 is 10.4. The van der Waals surface area contributed by atoms with Crippen LogP contribution in [0, 0.1) is 0 Å². The summed E-state index contributed by atoms with van der Waals surface area (Å²) in [7, 11) is 0. The predicted octanol–water partition coefficient (Wildman–Crippen LogP) is 3.30. The summed E-state index contributed by atoms with van der Waals surface area (Å²) in [5, 5.41) is 9.02. The third kappa shape index (κ3) is 5.92. The van der Waals surface area contributed by atoms with E-state index in [0.29, 0.717) is 24.9 Å². The van der Waals surface area contributed by atoms with Gasteiger partial charge in [-0.2, -0.15) is 0 Å². The van der Waals surface area contributed by atoms with E-state index in [-0.39, 0.29) is 17.7 Å². The molecule has 0 bridgehead atoms. The number of amides is 1. The Hall–Kier alpha value is -3.16. The van der Waals surface area contributed by atoms with Crippen molar-refractivity contribution < 1.29 is 33.8 Å². The lowest BCUT2D eigenvalue weighted by Crippen LogP contribution is -2.44. The number of Topliss-reactive ketones (excluding diaryl/α,β-unsaturated/α-hetero) is 1. The van der Waals surface area contributed by atoms with Gasteiger partial charge < -0.3 is 14.6 Å². The summed E-state index contributed by atoms with van der Waals surface area (Å²) in [6, 6.07) is 4.93. The first-order valence-corrected chi connectivity index (χ1v) is 9.79. The number of nitrogens with zero attached hydrogens (tertiary/aromatic N) is 1. The lowest BCUT2D eigenvalue weighted by Gasteiger charge is -2.28. The molecule has 1 N–H and O–H groups in total. The zero-order valence-corrected chi connectivity index (χ0v) is 17.6. The molecule has 0 saturated carbocycles. The largest absolute Gasteiger partial charge is 0.478 e. The number of rotatable bonds is 6. The first-order valence-electron chi connectivity index (χ1n) is 9.79. The molecule has 1 heterocycles. The quantitative estimate of drug-likeness (QED) is 0.327. The van der Waals surface area contributed by atoms with Crippen LogP contribution in [0.2, 0.25) is 0 Å². The van der Waals surface area contributed by atoms with Gasteiger partial charge >= 0.3 is 18.0 Å². The van der Waals surface area contributed by atoms with E-state index in [1.165, 1.54) is 35.2 Å². The van der Waals surface area contributed by atoms with Gasteiger partial charge in [0.2, 0.25) is 0 Å². The van der Waals surface area contributed by atoms with Crippen LogP contribution in [0.15, 0.2) is 29.8 Å². The van der Waals surface area contributed by atoms with E-state index >= 15 is 0 Å². The maximum atomic E-state index is 13.2. The highest BCUT2D eigenvalue weighted by atomic mass is 16.6. The molecule has 1 fully saturated rings. The summed E-state index contributed by atoms with van der Waals surface area (Å²) in [5.74, 6) is -2.40. The van der Waals surface area contributed by atoms with Gasteiger partial charge in [0.05, 0.1) is 18.2 Å². The van der Waals surface area contributed by atoms with E-state index in [0.717, 1.165) is 0 Å². The van der Waals surface area contributed by atoms with Crippen LogP contribution in [-0.4, -0.2) is 58.6 Å². The topological polar surface area (TPSA) is 110 Å². The SMILES string of the molecule is CCOC(=O)C(=Cc1ccc(C(=O)O)cc1)C(=O)[C@@H]1CCCN1C(=O)OC(C)(C)C. The Morgan fingerprint density at radius 3 is 2.33 bits per heavy atom. The highest BCUT2D eigenvalue weighted by molar-refractivity contribution is 6.22. The number of hydrogen-bond donors (Lipinski definition) is 1. The number of hydrogen-bond acceptors (Lipinski definition) is 6. The van der Waals surface area contributed by atoms with Gasteiger partial charge in [-0.15, -0.1) is 0 Å². The molecule has 30 heavy (non-hydrogen) atoms. The second-order valence-electron chi connectivity index (χ2n) is 7.90. The van der Waals surface area contributed by atoms with Crippen molar-refractivity contribution in [2.24, 2.45) is 0 Å². The van der Waals surface area contributed by atoms with Crippen molar-refractivity contribution in [3.63, 3.8) is 0 Å². The number of carboxylic acids is 1. The van der Waals surface area contributed by atoms with Crippen molar-refractivity contribution in [2.75, 3.05) is 13.2 Å². The fourth-order valence-electron chi connectivity index (χ4n) is 3.09. The molecule has 1 atom stereocenters. The van der Waals surface area contributed by atoms with Gasteiger partial charge in [-0.1, -0.05) is 12.1 Å². The fraction of sp³-hybridized carbons (Fsp3) is 0.455. The zero-order valence-electron chi connectivity index (χ0n) is 17.6. The second kappa shape index (κ2) is 9.56. The Morgan fingerprint density at radius 1 is 1.17 bits per heavy atom. The van der Waals surface area contributed by atoms with Crippen molar-refractivity contribution in [1.29, 1.82) is 0 Å². The minimum absolute atomic E-state index is 0.0852. The number of carboxylic acid groups (broad SMARTS) is 1. The molecule has 0 spiro atoms. The van der Waals surface area contributed by atoms with Gasteiger partial charge in [0.1, 0.15) is 11.2 Å². The summed E-state index contributed by atoms with van der Waals surface area (Å²) in [5.41, 5.74) is -0.347. The van der Waals surface area contributed by atoms with Crippen molar-refractivity contribution in [3.8, 4) is 0 Å². The number of carbonyl (C=O) groups is 4. The normalized spacial score (nSPS) is 16.9. The monoisotopic (exact) mass is 417 g/mol. The number of carbonyl (C=O) groups excluding carboxylic acids is 3. The number of ether oxygens (including phenoxy) is 2. The van der Waals surface area contributed by atoms with E-state index < -0.39 is 35.5 Å². The highest BCUT2D eigenvalue weighted by Crippen LogP contribution is 2.25. The number of aromatic carboxylic acids is 1. The zero-order chi connectivity index (χ0) is 22.5. The molecule has 162 valence electrons. The molecule has 1 aliphatic rings. The van der Waals surface area contributed by atoms with Crippen LogP contribution in [0.5, 0.6) is 0 Å². The molecule has 0 aliphatic carbocycles. The standard InChI is InChI=1S/C22H27NO7/c1-5-29-20(27)16(13-14-8-10-15(11-9-14)19(25)26)18(24)17-7-6-12-23(17)21(28)30-22(2,3)4/h8-11,13,17H,5-7,12H2,1-4H3,(H,25,26)/t17-/m0/s1. The molecule has 0 radical (unpaired) electrons. The maximum Gasteiger partial charge on any atom is 0.410 e. The van der Waals surface area contributed by atoms with Crippen LogP contribution in [0.1, 0.15) is 56.5 Å².